The van der Waals surface area contributed by atoms with Gasteiger partial charge in [0.1, 0.15) is 5.82 Å². The van der Waals surface area contributed by atoms with Crippen LogP contribution in [-0.2, 0) is 10.2 Å². The van der Waals surface area contributed by atoms with Gasteiger partial charge >= 0.3 is 0 Å². The van der Waals surface area contributed by atoms with Crippen LogP contribution in [0.1, 0.15) is 69.9 Å². The fraction of sp³-hybridized carbons (Fsp3) is 0.542. The van der Waals surface area contributed by atoms with Crippen LogP contribution < -0.4 is 5.32 Å². The van der Waals surface area contributed by atoms with Crippen molar-refractivity contribution < 1.29 is 4.79 Å². The Morgan fingerprint density at radius 1 is 1.15 bits per heavy atom. The van der Waals surface area contributed by atoms with E-state index in [0.717, 1.165) is 63.0 Å². The standard InChI is InChI=1S/C24H34N2O/c1-5-24(22-13-9-7-11-19(22)3)14-16-26(17-15-24)20(4)25-23(27)21-12-8-6-10-18(21)2/h7,9,11,13H,4-6,8,10,12,14-17H2,1-3H3,(H,25,27). The number of nitrogens with zero attached hydrogens (tertiary/aromatic N) is 1. The van der Waals surface area contributed by atoms with Gasteiger partial charge in [0.2, 0.25) is 0 Å². The summed E-state index contributed by atoms with van der Waals surface area (Å²) < 4.78 is 0. The van der Waals surface area contributed by atoms with E-state index in [4.69, 9.17) is 0 Å². The van der Waals surface area contributed by atoms with Crippen LogP contribution in [0.25, 0.3) is 0 Å². The number of piperidine rings is 1. The summed E-state index contributed by atoms with van der Waals surface area (Å²) in [7, 11) is 0. The number of hydrogen-bond acceptors (Lipinski definition) is 2. The van der Waals surface area contributed by atoms with Gasteiger partial charge < -0.3 is 10.2 Å². The van der Waals surface area contributed by atoms with Crippen LogP contribution in [0.4, 0.5) is 0 Å². The first-order valence-corrected chi connectivity index (χ1v) is 10.5. The number of carbonyl (C=O) groups excluding carboxylic acids is 1. The van der Waals surface area contributed by atoms with E-state index in [1.807, 2.05) is 0 Å². The van der Waals surface area contributed by atoms with E-state index < -0.39 is 0 Å². The molecule has 1 saturated heterocycles. The van der Waals surface area contributed by atoms with Crippen LogP contribution >= 0.6 is 0 Å². The Bertz CT molecular complexity index is 739. The molecule has 1 aliphatic heterocycles. The maximum absolute atomic E-state index is 12.7. The zero-order valence-electron chi connectivity index (χ0n) is 17.2. The predicted octanol–water partition coefficient (Wildman–Crippen LogP) is 5.22. The molecule has 3 heteroatoms. The van der Waals surface area contributed by atoms with Gasteiger partial charge in [0.25, 0.3) is 5.91 Å². The fourth-order valence-corrected chi connectivity index (χ4v) is 4.84. The first-order valence-electron chi connectivity index (χ1n) is 10.5. The summed E-state index contributed by atoms with van der Waals surface area (Å²) >= 11 is 0. The summed E-state index contributed by atoms with van der Waals surface area (Å²) in [5, 5.41) is 3.08. The average molecular weight is 367 g/mol. The van der Waals surface area contributed by atoms with Crippen LogP contribution in [-0.4, -0.2) is 23.9 Å². The van der Waals surface area contributed by atoms with E-state index in [2.05, 4.69) is 61.8 Å². The highest BCUT2D eigenvalue weighted by Crippen LogP contribution is 2.40. The largest absolute Gasteiger partial charge is 0.359 e. The Balaban J connectivity index is 1.64. The van der Waals surface area contributed by atoms with E-state index in [1.165, 1.54) is 23.1 Å². The third-order valence-corrected chi connectivity index (χ3v) is 6.77. The fourth-order valence-electron chi connectivity index (χ4n) is 4.84. The van der Waals surface area contributed by atoms with Crippen molar-refractivity contribution in [3.8, 4) is 0 Å². The number of rotatable bonds is 5. The third kappa shape index (κ3) is 4.12. The highest BCUT2D eigenvalue weighted by Gasteiger charge is 2.36. The van der Waals surface area contributed by atoms with Gasteiger partial charge in [0.05, 0.1) is 0 Å². The van der Waals surface area contributed by atoms with E-state index >= 15 is 0 Å². The molecule has 2 aliphatic rings. The minimum atomic E-state index is 0.0587. The molecule has 3 rings (SSSR count). The summed E-state index contributed by atoms with van der Waals surface area (Å²) in [6.07, 6.45) is 7.62. The molecule has 3 nitrogen and oxygen atoms in total. The van der Waals surface area contributed by atoms with E-state index in [0.29, 0.717) is 0 Å². The van der Waals surface area contributed by atoms with Crippen molar-refractivity contribution in [3.05, 3.63) is 58.9 Å². The van der Waals surface area contributed by atoms with Crippen molar-refractivity contribution in [1.82, 2.24) is 10.2 Å². The SMILES string of the molecule is C=C(NC(=O)C1=C(C)CCCC1)N1CCC(CC)(c2ccccc2C)CC1. The molecule has 0 saturated carbocycles. The highest BCUT2D eigenvalue weighted by atomic mass is 16.1. The Kier molecular flexibility index (Phi) is 6.08. The maximum Gasteiger partial charge on any atom is 0.252 e. The van der Waals surface area contributed by atoms with Crippen molar-refractivity contribution in [2.75, 3.05) is 13.1 Å². The summed E-state index contributed by atoms with van der Waals surface area (Å²) in [4.78, 5) is 14.9. The molecular formula is C24H34N2O. The molecule has 0 atom stereocenters. The van der Waals surface area contributed by atoms with Gasteiger partial charge in [-0.15, -0.1) is 0 Å². The summed E-state index contributed by atoms with van der Waals surface area (Å²) in [5.74, 6) is 0.823. The topological polar surface area (TPSA) is 32.3 Å². The van der Waals surface area contributed by atoms with Gasteiger partial charge in [-0.2, -0.15) is 0 Å². The minimum Gasteiger partial charge on any atom is -0.359 e. The summed E-state index contributed by atoms with van der Waals surface area (Å²) in [5.41, 5.74) is 5.34. The van der Waals surface area contributed by atoms with Crippen molar-refractivity contribution in [1.29, 1.82) is 0 Å². The molecule has 0 spiro atoms. The molecule has 146 valence electrons. The lowest BCUT2D eigenvalue weighted by molar-refractivity contribution is -0.117. The van der Waals surface area contributed by atoms with Gasteiger partial charge in [-0.05, 0) is 75.3 Å². The quantitative estimate of drug-likeness (QED) is 0.775. The second-order valence-corrected chi connectivity index (χ2v) is 8.30. The third-order valence-electron chi connectivity index (χ3n) is 6.77. The van der Waals surface area contributed by atoms with Crippen LogP contribution in [0.5, 0.6) is 0 Å². The molecule has 27 heavy (non-hydrogen) atoms. The summed E-state index contributed by atoms with van der Waals surface area (Å²) in [6.45, 7) is 12.7. The molecular weight excluding hydrogens is 332 g/mol. The highest BCUT2D eigenvalue weighted by molar-refractivity contribution is 5.95. The van der Waals surface area contributed by atoms with Crippen LogP contribution in [0, 0.1) is 6.92 Å². The Labute approximate surface area is 164 Å². The molecule has 1 fully saturated rings. The molecule has 1 aromatic rings. The molecule has 0 unspecified atom stereocenters. The number of carbonyl (C=O) groups is 1. The molecule has 1 heterocycles. The second-order valence-electron chi connectivity index (χ2n) is 8.30. The number of nitrogens with one attached hydrogen (secondary N) is 1. The molecule has 0 aromatic heterocycles. The molecule has 1 aliphatic carbocycles. The average Bonchev–Trinajstić information content (AvgIpc) is 2.68. The predicted molar refractivity (Wildman–Crippen MR) is 112 cm³/mol. The van der Waals surface area contributed by atoms with Crippen molar-refractivity contribution >= 4 is 5.91 Å². The first kappa shape index (κ1) is 19.7. The van der Waals surface area contributed by atoms with Crippen molar-refractivity contribution in [3.63, 3.8) is 0 Å². The van der Waals surface area contributed by atoms with Crippen LogP contribution in [0.3, 0.4) is 0 Å². The zero-order chi connectivity index (χ0) is 19.4. The second kappa shape index (κ2) is 8.33. The number of amides is 1. The smallest absolute Gasteiger partial charge is 0.252 e. The number of hydrogen-bond donors (Lipinski definition) is 1. The summed E-state index contributed by atoms with van der Waals surface area (Å²) in [6, 6.07) is 8.80. The Morgan fingerprint density at radius 3 is 2.44 bits per heavy atom. The van der Waals surface area contributed by atoms with Crippen molar-refractivity contribution in [2.24, 2.45) is 0 Å². The minimum absolute atomic E-state index is 0.0587. The zero-order valence-corrected chi connectivity index (χ0v) is 17.2. The number of aryl methyl sites for hydroxylation is 1. The monoisotopic (exact) mass is 366 g/mol. The van der Waals surface area contributed by atoms with E-state index in [1.54, 1.807) is 0 Å². The molecule has 0 bridgehead atoms. The lowest BCUT2D eigenvalue weighted by Crippen LogP contribution is -2.45. The van der Waals surface area contributed by atoms with Gasteiger partial charge in [-0.1, -0.05) is 43.3 Å². The maximum atomic E-state index is 12.7. The van der Waals surface area contributed by atoms with E-state index in [9.17, 15) is 4.79 Å². The molecule has 1 aromatic carbocycles. The lowest BCUT2D eigenvalue weighted by Gasteiger charge is -2.44. The first-order chi connectivity index (χ1) is 13.0. The van der Waals surface area contributed by atoms with Gasteiger partial charge in [-0.25, -0.2) is 0 Å². The Morgan fingerprint density at radius 2 is 1.81 bits per heavy atom. The van der Waals surface area contributed by atoms with E-state index in [-0.39, 0.29) is 11.3 Å². The van der Waals surface area contributed by atoms with Gasteiger partial charge in [0.15, 0.2) is 0 Å². The number of likely N-dealkylation sites (tertiary alicyclic amines) is 1. The van der Waals surface area contributed by atoms with Gasteiger partial charge in [0, 0.05) is 18.7 Å². The molecule has 1 amide bonds. The normalized spacial score (nSPS) is 19.7. The molecule has 1 N–H and O–H groups in total. The van der Waals surface area contributed by atoms with Gasteiger partial charge in [-0.3, -0.25) is 4.79 Å². The van der Waals surface area contributed by atoms with Crippen LogP contribution in [0.15, 0.2) is 47.8 Å². The lowest BCUT2D eigenvalue weighted by atomic mass is 9.69. The number of allylic oxidation sites excluding steroid dienone is 1. The molecule has 0 radical (unpaired) electrons. The number of benzene rings is 1. The van der Waals surface area contributed by atoms with Crippen LogP contribution in [0.2, 0.25) is 0 Å². The Hall–Kier alpha value is -2.03. The van der Waals surface area contributed by atoms with Crippen molar-refractivity contribution in [2.45, 2.75) is 71.1 Å².